The highest BCUT2D eigenvalue weighted by Gasteiger charge is 2.05. The molecule has 0 aromatic rings. The van der Waals surface area contributed by atoms with Crippen LogP contribution in [0, 0.1) is 0 Å². The smallest absolute Gasteiger partial charge is 0.126 e. The summed E-state index contributed by atoms with van der Waals surface area (Å²) in [6.45, 7) is 2.23. The number of hydrogen-bond donors (Lipinski definition) is 0. The maximum Gasteiger partial charge on any atom is 0.173 e. The van der Waals surface area contributed by atoms with Crippen LogP contribution in [0.15, 0.2) is 11.4 Å². The van der Waals surface area contributed by atoms with Crippen LogP contribution in [0.25, 0.3) is 0 Å². The van der Waals surface area contributed by atoms with Crippen LogP contribution in [0.1, 0.15) is 26.2 Å². The Morgan fingerprint density at radius 3 is 2.86 bits per heavy atom. The van der Waals surface area contributed by atoms with E-state index in [1.807, 2.05) is 0 Å². The van der Waals surface area contributed by atoms with Gasteiger partial charge < -0.3 is 0 Å². The van der Waals surface area contributed by atoms with E-state index in [0.717, 1.165) is 0 Å². The molecule has 0 N–H and O–H groups in total. The van der Waals surface area contributed by atoms with Gasteiger partial charge in [0.2, 0.25) is 0 Å². The summed E-state index contributed by atoms with van der Waals surface area (Å²) in [4.78, 5) is 0. The molecule has 0 unspecified atom stereocenters. The first-order valence-corrected chi connectivity index (χ1v) is 2.97. The van der Waals surface area contributed by atoms with Crippen LogP contribution in [-0.4, -0.2) is 7.28 Å². The normalized spacial score (nSPS) is 15.3. The zero-order valence-electron chi connectivity index (χ0n) is 4.78. The minimum absolute atomic E-state index is 1.32. The molecule has 7 heavy (non-hydrogen) atoms. The highest BCUT2D eigenvalue weighted by molar-refractivity contribution is 6.63. The quantitative estimate of drug-likeness (QED) is 0.466. The molecule has 0 saturated carbocycles. The number of allylic oxidation sites excluding steroid dienone is 1. The molecule has 1 heterocycles. The van der Waals surface area contributed by atoms with Crippen molar-refractivity contribution in [2.75, 3.05) is 0 Å². The Morgan fingerprint density at radius 2 is 2.43 bits per heavy atom. The monoisotopic (exact) mass is 93.1 g/mol. The van der Waals surface area contributed by atoms with Crippen LogP contribution >= 0.6 is 0 Å². The molecule has 0 nitrogen and oxygen atoms in total. The first-order valence-electron chi connectivity index (χ1n) is 2.97. The van der Waals surface area contributed by atoms with Gasteiger partial charge in [0.1, 0.15) is 0 Å². The minimum Gasteiger partial charge on any atom is -0.126 e. The SMILES string of the molecule is CCCCC1=C[B]1. The van der Waals surface area contributed by atoms with Crippen molar-refractivity contribution in [1.29, 1.82) is 0 Å². The maximum atomic E-state index is 2.23. The second-order valence-corrected chi connectivity index (χ2v) is 2.01. The van der Waals surface area contributed by atoms with Crippen molar-refractivity contribution in [3.63, 3.8) is 0 Å². The summed E-state index contributed by atoms with van der Waals surface area (Å²) in [7, 11) is 2.19. The molecule has 0 fully saturated rings. The summed E-state index contributed by atoms with van der Waals surface area (Å²) < 4.78 is 0. The van der Waals surface area contributed by atoms with E-state index < -0.39 is 0 Å². The molecule has 0 amide bonds. The molecule has 1 heteroatoms. The first-order chi connectivity index (χ1) is 3.43. The van der Waals surface area contributed by atoms with Gasteiger partial charge in [-0.25, -0.2) is 0 Å². The van der Waals surface area contributed by atoms with E-state index in [2.05, 4.69) is 20.2 Å². The standard InChI is InChI=1S/C6H10B/c1-2-3-4-6-5-7-6/h5H,2-4H2,1H3. The molecule has 0 saturated heterocycles. The molecule has 0 atom stereocenters. The second kappa shape index (κ2) is 2.20. The molecule has 1 aliphatic heterocycles. The Balaban J connectivity index is 1.89. The third kappa shape index (κ3) is 1.81. The van der Waals surface area contributed by atoms with Crippen molar-refractivity contribution in [2.45, 2.75) is 26.2 Å². The Bertz CT molecular complexity index is 84.2. The van der Waals surface area contributed by atoms with E-state index in [9.17, 15) is 0 Å². The first kappa shape index (κ1) is 4.95. The molecular formula is C6H10B. The van der Waals surface area contributed by atoms with Gasteiger partial charge in [-0.2, -0.15) is 0 Å². The van der Waals surface area contributed by atoms with Gasteiger partial charge in [0, 0.05) is 0 Å². The minimum atomic E-state index is 1.32. The summed E-state index contributed by atoms with van der Waals surface area (Å²) in [5.41, 5.74) is 1.56. The average Bonchev–Trinajstić information content (AvgIpc) is 2.42. The fourth-order valence-corrected chi connectivity index (χ4v) is 0.606. The highest BCUT2D eigenvalue weighted by Crippen LogP contribution is 2.14. The van der Waals surface area contributed by atoms with Gasteiger partial charge in [-0.05, 0) is 6.42 Å². The average molecular weight is 93.0 g/mol. The molecule has 0 aromatic carbocycles. The number of unbranched alkanes of at least 4 members (excludes halogenated alkanes) is 1. The van der Waals surface area contributed by atoms with E-state index in [0.29, 0.717) is 0 Å². The Morgan fingerprint density at radius 1 is 1.71 bits per heavy atom. The van der Waals surface area contributed by atoms with Crippen LogP contribution in [0.5, 0.6) is 0 Å². The Kier molecular flexibility index (Phi) is 1.56. The predicted molar refractivity (Wildman–Crippen MR) is 33.4 cm³/mol. The largest absolute Gasteiger partial charge is 0.173 e. The molecular weight excluding hydrogens is 82.9 g/mol. The maximum absolute atomic E-state index is 2.23. The molecule has 1 aliphatic rings. The van der Waals surface area contributed by atoms with Crippen molar-refractivity contribution in [3.05, 3.63) is 11.4 Å². The van der Waals surface area contributed by atoms with Crippen molar-refractivity contribution in [2.24, 2.45) is 0 Å². The van der Waals surface area contributed by atoms with Crippen molar-refractivity contribution in [3.8, 4) is 0 Å². The molecule has 0 spiro atoms. The lowest BCUT2D eigenvalue weighted by molar-refractivity contribution is 0.812. The van der Waals surface area contributed by atoms with Gasteiger partial charge in [-0.1, -0.05) is 19.8 Å². The molecule has 0 aromatic heterocycles. The third-order valence-corrected chi connectivity index (χ3v) is 1.22. The fraction of sp³-hybridized carbons (Fsp3) is 0.667. The molecule has 1 rings (SSSR count). The Labute approximate surface area is 45.9 Å². The summed E-state index contributed by atoms with van der Waals surface area (Å²) in [6, 6.07) is 0. The van der Waals surface area contributed by atoms with Crippen LogP contribution in [0.2, 0.25) is 0 Å². The topological polar surface area (TPSA) is 0 Å². The van der Waals surface area contributed by atoms with Crippen LogP contribution < -0.4 is 0 Å². The van der Waals surface area contributed by atoms with E-state index in [1.54, 1.807) is 5.47 Å². The lowest BCUT2D eigenvalue weighted by Crippen LogP contribution is -1.70. The van der Waals surface area contributed by atoms with Gasteiger partial charge >= 0.3 is 0 Å². The summed E-state index contributed by atoms with van der Waals surface area (Å²) in [5.74, 6) is 2.19. The molecule has 0 aliphatic carbocycles. The molecule has 1 radical (unpaired) electrons. The lowest BCUT2D eigenvalue weighted by Gasteiger charge is -1.86. The third-order valence-electron chi connectivity index (χ3n) is 1.22. The highest BCUT2D eigenvalue weighted by atomic mass is 13.9. The summed E-state index contributed by atoms with van der Waals surface area (Å²) in [5, 5.41) is 0. The van der Waals surface area contributed by atoms with Gasteiger partial charge in [-0.15, -0.1) is 11.4 Å². The van der Waals surface area contributed by atoms with E-state index in [4.69, 9.17) is 0 Å². The second-order valence-electron chi connectivity index (χ2n) is 2.01. The van der Waals surface area contributed by atoms with Gasteiger partial charge in [0.25, 0.3) is 0 Å². The number of rotatable bonds is 3. The lowest BCUT2D eigenvalue weighted by atomic mass is 9.94. The van der Waals surface area contributed by atoms with Crippen LogP contribution in [0.3, 0.4) is 0 Å². The van der Waals surface area contributed by atoms with Crippen molar-refractivity contribution < 1.29 is 0 Å². The fourth-order valence-electron chi connectivity index (χ4n) is 0.606. The summed E-state index contributed by atoms with van der Waals surface area (Å²) >= 11 is 0. The number of hydrogen-bond acceptors (Lipinski definition) is 0. The van der Waals surface area contributed by atoms with E-state index in [-0.39, 0.29) is 0 Å². The van der Waals surface area contributed by atoms with Crippen LogP contribution in [0.4, 0.5) is 0 Å². The zero-order valence-corrected chi connectivity index (χ0v) is 4.78. The predicted octanol–water partition coefficient (Wildman–Crippen LogP) is 1.74. The Hall–Kier alpha value is -0.195. The van der Waals surface area contributed by atoms with Crippen molar-refractivity contribution >= 4 is 7.28 Å². The van der Waals surface area contributed by atoms with E-state index >= 15 is 0 Å². The van der Waals surface area contributed by atoms with Crippen molar-refractivity contribution in [1.82, 2.24) is 0 Å². The molecule has 37 valence electrons. The van der Waals surface area contributed by atoms with Gasteiger partial charge in [-0.3, -0.25) is 0 Å². The van der Waals surface area contributed by atoms with Gasteiger partial charge in [0.05, 0.1) is 0 Å². The van der Waals surface area contributed by atoms with Gasteiger partial charge in [0.15, 0.2) is 7.28 Å². The molecule has 0 bridgehead atoms. The van der Waals surface area contributed by atoms with E-state index in [1.165, 1.54) is 19.3 Å². The van der Waals surface area contributed by atoms with Crippen LogP contribution in [-0.2, 0) is 0 Å². The zero-order chi connectivity index (χ0) is 5.11. The summed E-state index contributed by atoms with van der Waals surface area (Å²) in [6.07, 6.45) is 4.00.